The molecule has 0 fully saturated rings. The summed E-state index contributed by atoms with van der Waals surface area (Å²) < 4.78 is 5.61. The molecule has 1 heterocycles. The Morgan fingerprint density at radius 3 is 2.57 bits per heavy atom. The molecule has 3 rings (SSSR count). The highest BCUT2D eigenvalue weighted by molar-refractivity contribution is 6.36. The molecule has 0 spiro atoms. The minimum atomic E-state index is -0.672. The first-order valence-electron chi connectivity index (χ1n) is 7.68. The molecule has 0 aliphatic rings. The van der Waals surface area contributed by atoms with Crippen LogP contribution in [0.4, 0.5) is 5.69 Å². The molecule has 0 unspecified atom stereocenters. The quantitative estimate of drug-likeness (QED) is 0.319. The minimum absolute atomic E-state index is 0.0429. The van der Waals surface area contributed by atoms with Crippen LogP contribution in [0.15, 0.2) is 58.0 Å². The van der Waals surface area contributed by atoms with E-state index in [0.717, 1.165) is 6.07 Å². The topological polar surface area (TPSA) is 97.7 Å². The first-order chi connectivity index (χ1) is 13.3. The lowest BCUT2D eigenvalue weighted by molar-refractivity contribution is -0.384. The maximum absolute atomic E-state index is 12.1. The summed E-state index contributed by atoms with van der Waals surface area (Å²) in [7, 11) is 0. The Hall–Kier alpha value is -2.87. The van der Waals surface area contributed by atoms with E-state index in [1.165, 1.54) is 18.3 Å². The summed E-state index contributed by atoms with van der Waals surface area (Å²) in [6, 6.07) is 12.0. The molecule has 7 nitrogen and oxygen atoms in total. The van der Waals surface area contributed by atoms with Gasteiger partial charge in [0.1, 0.15) is 16.5 Å². The Kier molecular flexibility index (Phi) is 5.99. The molecule has 0 radical (unpaired) electrons. The van der Waals surface area contributed by atoms with Crippen LogP contribution >= 0.6 is 34.8 Å². The molecular formula is C18H10Cl3N3O4. The number of rotatable bonds is 5. The number of nitrogens with one attached hydrogen (secondary N) is 1. The molecule has 1 N–H and O–H groups in total. The Morgan fingerprint density at radius 2 is 1.86 bits per heavy atom. The van der Waals surface area contributed by atoms with Crippen molar-refractivity contribution in [3.63, 3.8) is 0 Å². The third kappa shape index (κ3) is 4.51. The highest BCUT2D eigenvalue weighted by Gasteiger charge is 2.16. The minimum Gasteiger partial charge on any atom is -0.455 e. The summed E-state index contributed by atoms with van der Waals surface area (Å²) in [5.41, 5.74) is 2.59. The zero-order valence-corrected chi connectivity index (χ0v) is 16.1. The second kappa shape index (κ2) is 8.43. The van der Waals surface area contributed by atoms with E-state index in [1.54, 1.807) is 30.3 Å². The summed E-state index contributed by atoms with van der Waals surface area (Å²) in [4.78, 5) is 22.3. The first-order valence-corrected chi connectivity index (χ1v) is 8.81. The predicted octanol–water partition coefficient (Wildman–Crippen LogP) is 5.58. The van der Waals surface area contributed by atoms with Crippen LogP contribution in [0.1, 0.15) is 16.1 Å². The molecule has 1 amide bonds. The molecule has 0 atom stereocenters. The van der Waals surface area contributed by atoms with Gasteiger partial charge in [0.15, 0.2) is 0 Å². The van der Waals surface area contributed by atoms with Crippen molar-refractivity contribution in [2.75, 3.05) is 0 Å². The van der Waals surface area contributed by atoms with Gasteiger partial charge >= 0.3 is 0 Å². The number of carbonyl (C=O) groups is 1. The van der Waals surface area contributed by atoms with Crippen molar-refractivity contribution in [1.82, 2.24) is 5.43 Å². The van der Waals surface area contributed by atoms with Gasteiger partial charge in [0.25, 0.3) is 11.6 Å². The van der Waals surface area contributed by atoms with Gasteiger partial charge in [-0.3, -0.25) is 14.9 Å². The summed E-state index contributed by atoms with van der Waals surface area (Å²) in [6.07, 6.45) is 1.29. The number of hydrogen-bond acceptors (Lipinski definition) is 5. The number of carbonyl (C=O) groups excluding carboxylic acids is 1. The van der Waals surface area contributed by atoms with Crippen molar-refractivity contribution in [3.8, 4) is 11.3 Å². The Bertz CT molecular complexity index is 1100. The Morgan fingerprint density at radius 1 is 1.07 bits per heavy atom. The van der Waals surface area contributed by atoms with E-state index >= 15 is 0 Å². The second-order valence-corrected chi connectivity index (χ2v) is 6.70. The standard InChI is InChI=1S/C18H10Cl3N3O4/c19-11-2-4-13(15(21)8-11)17-6-3-12(28-17)9-22-23-18(25)10-1-5-14(20)16(7-10)24(26)27/h1-9H,(H,23,25)/b22-9-. The first kappa shape index (κ1) is 19.9. The van der Waals surface area contributed by atoms with E-state index in [4.69, 9.17) is 39.2 Å². The molecule has 0 aliphatic heterocycles. The maximum atomic E-state index is 12.1. The van der Waals surface area contributed by atoms with Gasteiger partial charge in [0, 0.05) is 22.2 Å². The van der Waals surface area contributed by atoms with Crippen LogP contribution < -0.4 is 5.43 Å². The zero-order valence-electron chi connectivity index (χ0n) is 13.9. The van der Waals surface area contributed by atoms with E-state index in [1.807, 2.05) is 0 Å². The predicted molar refractivity (Wildman–Crippen MR) is 107 cm³/mol. The van der Waals surface area contributed by atoms with E-state index < -0.39 is 10.8 Å². The summed E-state index contributed by atoms with van der Waals surface area (Å²) in [5, 5.41) is 15.6. The summed E-state index contributed by atoms with van der Waals surface area (Å²) >= 11 is 17.7. The smallest absolute Gasteiger partial charge is 0.288 e. The number of halogens is 3. The molecular weight excluding hydrogens is 429 g/mol. The van der Waals surface area contributed by atoms with Crippen molar-refractivity contribution in [2.24, 2.45) is 5.10 Å². The van der Waals surface area contributed by atoms with Crippen molar-refractivity contribution in [1.29, 1.82) is 0 Å². The van der Waals surface area contributed by atoms with Gasteiger partial charge in [0.05, 0.1) is 16.2 Å². The number of benzene rings is 2. The van der Waals surface area contributed by atoms with E-state index in [2.05, 4.69) is 10.5 Å². The van der Waals surface area contributed by atoms with E-state index in [9.17, 15) is 14.9 Å². The number of hydrazone groups is 1. The zero-order chi connectivity index (χ0) is 20.3. The molecule has 0 aliphatic carbocycles. The number of nitro groups is 1. The van der Waals surface area contributed by atoms with Crippen LogP contribution in [0, 0.1) is 10.1 Å². The van der Waals surface area contributed by atoms with Crippen LogP contribution in [0.25, 0.3) is 11.3 Å². The number of hydrogen-bond donors (Lipinski definition) is 1. The third-order valence-corrected chi connectivity index (χ3v) is 4.45. The van der Waals surface area contributed by atoms with Gasteiger partial charge in [-0.05, 0) is 42.5 Å². The fraction of sp³-hybridized carbons (Fsp3) is 0. The fourth-order valence-corrected chi connectivity index (χ4v) is 2.96. The second-order valence-electron chi connectivity index (χ2n) is 5.45. The lowest BCUT2D eigenvalue weighted by Gasteiger charge is -2.01. The lowest BCUT2D eigenvalue weighted by atomic mass is 10.2. The Labute approximate surface area is 173 Å². The van der Waals surface area contributed by atoms with Crippen molar-refractivity contribution >= 4 is 52.6 Å². The highest BCUT2D eigenvalue weighted by Crippen LogP contribution is 2.31. The summed E-state index contributed by atoms with van der Waals surface area (Å²) in [6.45, 7) is 0. The van der Waals surface area contributed by atoms with Crippen LogP contribution in [0.2, 0.25) is 15.1 Å². The molecule has 3 aromatic rings. The van der Waals surface area contributed by atoms with Crippen molar-refractivity contribution in [2.45, 2.75) is 0 Å². The van der Waals surface area contributed by atoms with Gasteiger partial charge in [-0.2, -0.15) is 5.10 Å². The molecule has 2 aromatic carbocycles. The SMILES string of the molecule is O=C(N/N=C\c1ccc(-c2ccc(Cl)cc2Cl)o1)c1ccc(Cl)c([N+](=O)[O-])c1. The molecule has 0 saturated heterocycles. The highest BCUT2D eigenvalue weighted by atomic mass is 35.5. The molecule has 0 saturated carbocycles. The van der Waals surface area contributed by atoms with Crippen LogP contribution in [0.3, 0.4) is 0 Å². The third-order valence-electron chi connectivity index (χ3n) is 3.59. The lowest BCUT2D eigenvalue weighted by Crippen LogP contribution is -2.17. The monoisotopic (exact) mass is 437 g/mol. The molecule has 28 heavy (non-hydrogen) atoms. The maximum Gasteiger partial charge on any atom is 0.288 e. The molecule has 1 aromatic heterocycles. The fourth-order valence-electron chi connectivity index (χ4n) is 2.27. The van der Waals surface area contributed by atoms with Gasteiger partial charge in [-0.15, -0.1) is 0 Å². The number of nitro benzene ring substituents is 1. The van der Waals surface area contributed by atoms with Crippen LogP contribution in [0.5, 0.6) is 0 Å². The number of furan rings is 1. The van der Waals surface area contributed by atoms with Gasteiger partial charge < -0.3 is 4.42 Å². The molecule has 0 bridgehead atoms. The van der Waals surface area contributed by atoms with Crippen molar-refractivity contribution < 1.29 is 14.1 Å². The number of nitrogens with zero attached hydrogens (tertiary/aromatic N) is 2. The number of amides is 1. The normalized spacial score (nSPS) is 11.0. The van der Waals surface area contributed by atoms with Crippen LogP contribution in [-0.2, 0) is 0 Å². The van der Waals surface area contributed by atoms with Gasteiger partial charge in [0.2, 0.25) is 0 Å². The van der Waals surface area contributed by atoms with E-state index in [-0.39, 0.29) is 16.3 Å². The summed E-state index contributed by atoms with van der Waals surface area (Å²) in [5.74, 6) is 0.231. The average Bonchev–Trinajstić information content (AvgIpc) is 3.10. The van der Waals surface area contributed by atoms with Gasteiger partial charge in [-0.25, -0.2) is 5.43 Å². The van der Waals surface area contributed by atoms with Crippen molar-refractivity contribution in [3.05, 3.63) is 85.0 Å². The van der Waals surface area contributed by atoms with Gasteiger partial charge in [-0.1, -0.05) is 34.8 Å². The largest absolute Gasteiger partial charge is 0.455 e. The van der Waals surface area contributed by atoms with Crippen LogP contribution in [-0.4, -0.2) is 17.0 Å². The van der Waals surface area contributed by atoms with E-state index in [0.29, 0.717) is 27.1 Å². The Balaban J connectivity index is 1.70. The molecule has 10 heteroatoms. The molecule has 142 valence electrons. The average molecular weight is 439 g/mol.